The molecular formula is C28H34N8O2. The number of pyridine rings is 2. The number of methoxy groups -OCH3 is 1. The largest absolute Gasteiger partial charge is 0.383 e. The maximum Gasteiger partial charge on any atom is 0.259 e. The first-order valence-corrected chi connectivity index (χ1v) is 12.9. The predicted octanol–water partition coefficient (Wildman–Crippen LogP) is 2.97. The molecule has 0 spiro atoms. The van der Waals surface area contributed by atoms with E-state index in [1.807, 2.05) is 24.3 Å². The van der Waals surface area contributed by atoms with Crippen molar-refractivity contribution in [3.05, 3.63) is 70.9 Å². The first kappa shape index (κ1) is 25.8. The van der Waals surface area contributed by atoms with Gasteiger partial charge in [-0.1, -0.05) is 12.1 Å². The van der Waals surface area contributed by atoms with Crippen LogP contribution in [-0.4, -0.2) is 89.8 Å². The molecule has 1 aliphatic heterocycles. The Hall–Kier alpha value is -3.86. The summed E-state index contributed by atoms with van der Waals surface area (Å²) in [6.45, 7) is 7.22. The number of nitrogens with one attached hydrogen (secondary N) is 3. The van der Waals surface area contributed by atoms with E-state index in [2.05, 4.69) is 47.5 Å². The zero-order valence-corrected chi connectivity index (χ0v) is 21.9. The SMILES string of the molecule is CNc1ncc(-c2cc3cc[nH]c(=O)c3c(Nc3ccc(CCN4CCN(CCOC)CC4)cc3)n2)cn1. The second kappa shape index (κ2) is 12.1. The Morgan fingerprint density at radius 2 is 1.71 bits per heavy atom. The standard InChI is InChI=1S/C28H34N8O2/c1-29-28-31-18-22(19-32-28)24-17-21-7-9-30-27(37)25(21)26(34-24)33-23-5-3-20(4-6-23)8-10-35-11-13-36(14-12-35)15-16-38-2/h3-7,9,17-19H,8,10-16H2,1-2H3,(H,30,37)(H,33,34)(H,29,31,32). The molecule has 198 valence electrons. The molecule has 0 atom stereocenters. The van der Waals surface area contributed by atoms with Crippen LogP contribution < -0.4 is 16.2 Å². The highest BCUT2D eigenvalue weighted by molar-refractivity contribution is 5.95. The Bertz CT molecular complexity index is 1400. The van der Waals surface area contributed by atoms with Crippen molar-refractivity contribution < 1.29 is 4.74 Å². The van der Waals surface area contributed by atoms with Gasteiger partial charge in [0.2, 0.25) is 5.95 Å². The lowest BCUT2D eigenvalue weighted by Gasteiger charge is -2.34. The summed E-state index contributed by atoms with van der Waals surface area (Å²) in [5.41, 5.74) is 3.42. The summed E-state index contributed by atoms with van der Waals surface area (Å²) >= 11 is 0. The molecule has 5 rings (SSSR count). The lowest BCUT2D eigenvalue weighted by Crippen LogP contribution is -2.47. The van der Waals surface area contributed by atoms with E-state index in [-0.39, 0.29) is 5.56 Å². The Balaban J connectivity index is 1.28. The second-order valence-electron chi connectivity index (χ2n) is 9.42. The molecule has 3 N–H and O–H groups in total. The number of hydrogen-bond donors (Lipinski definition) is 3. The molecule has 10 nitrogen and oxygen atoms in total. The summed E-state index contributed by atoms with van der Waals surface area (Å²) < 4.78 is 5.20. The van der Waals surface area contributed by atoms with Gasteiger partial charge < -0.3 is 25.3 Å². The molecule has 1 fully saturated rings. The van der Waals surface area contributed by atoms with Crippen LogP contribution in [0.3, 0.4) is 0 Å². The van der Waals surface area contributed by atoms with Crippen LogP contribution in [0.1, 0.15) is 5.56 Å². The quantitative estimate of drug-likeness (QED) is 0.294. The monoisotopic (exact) mass is 514 g/mol. The molecule has 10 heteroatoms. The summed E-state index contributed by atoms with van der Waals surface area (Å²) in [4.78, 5) is 33.8. The Morgan fingerprint density at radius 3 is 2.39 bits per heavy atom. The third kappa shape index (κ3) is 6.16. The highest BCUT2D eigenvalue weighted by Gasteiger charge is 2.16. The van der Waals surface area contributed by atoms with Crippen LogP contribution in [-0.2, 0) is 11.2 Å². The van der Waals surface area contributed by atoms with E-state index in [0.29, 0.717) is 22.8 Å². The smallest absolute Gasteiger partial charge is 0.259 e. The molecule has 0 aliphatic carbocycles. The molecule has 38 heavy (non-hydrogen) atoms. The molecule has 1 aliphatic rings. The molecule has 0 unspecified atom stereocenters. The van der Waals surface area contributed by atoms with E-state index in [1.54, 1.807) is 32.7 Å². The Kier molecular flexibility index (Phi) is 8.22. The fourth-order valence-electron chi connectivity index (χ4n) is 4.68. The van der Waals surface area contributed by atoms with Crippen LogP contribution >= 0.6 is 0 Å². The minimum absolute atomic E-state index is 0.190. The number of hydrogen-bond acceptors (Lipinski definition) is 9. The zero-order valence-electron chi connectivity index (χ0n) is 21.9. The average Bonchev–Trinajstić information content (AvgIpc) is 2.96. The number of aromatic nitrogens is 4. The third-order valence-electron chi connectivity index (χ3n) is 6.94. The molecule has 1 saturated heterocycles. The Morgan fingerprint density at radius 1 is 1.00 bits per heavy atom. The van der Waals surface area contributed by atoms with Crippen molar-refractivity contribution in [3.8, 4) is 11.3 Å². The van der Waals surface area contributed by atoms with Gasteiger partial charge in [-0.25, -0.2) is 15.0 Å². The molecule has 0 amide bonds. The number of nitrogens with zero attached hydrogens (tertiary/aromatic N) is 5. The molecule has 0 saturated carbocycles. The molecule has 0 bridgehead atoms. The maximum atomic E-state index is 12.7. The van der Waals surface area contributed by atoms with E-state index in [1.165, 1.54) is 5.56 Å². The van der Waals surface area contributed by atoms with E-state index >= 15 is 0 Å². The van der Waals surface area contributed by atoms with Crippen LogP contribution in [0.25, 0.3) is 22.0 Å². The zero-order chi connectivity index (χ0) is 26.3. The van der Waals surface area contributed by atoms with Crippen molar-refractivity contribution >= 4 is 28.2 Å². The van der Waals surface area contributed by atoms with Gasteiger partial charge in [-0.15, -0.1) is 0 Å². The van der Waals surface area contributed by atoms with E-state index < -0.39 is 0 Å². The predicted molar refractivity (Wildman–Crippen MR) is 151 cm³/mol. The van der Waals surface area contributed by atoms with Gasteiger partial charge in [0.25, 0.3) is 5.56 Å². The highest BCUT2D eigenvalue weighted by atomic mass is 16.5. The number of anilines is 3. The first-order chi connectivity index (χ1) is 18.6. The van der Waals surface area contributed by atoms with Gasteiger partial charge in [-0.2, -0.15) is 0 Å². The molecule has 1 aromatic carbocycles. The topological polar surface area (TPSA) is 111 Å². The van der Waals surface area contributed by atoms with Gasteiger partial charge in [0.05, 0.1) is 17.7 Å². The van der Waals surface area contributed by atoms with Crippen molar-refractivity contribution in [2.24, 2.45) is 0 Å². The number of aromatic amines is 1. The van der Waals surface area contributed by atoms with Crippen LogP contribution in [0.5, 0.6) is 0 Å². The lowest BCUT2D eigenvalue weighted by molar-refractivity contribution is 0.0976. The molecule has 3 aromatic heterocycles. The van der Waals surface area contributed by atoms with E-state index in [4.69, 9.17) is 9.72 Å². The molecule has 4 heterocycles. The van der Waals surface area contributed by atoms with Crippen LogP contribution in [0.15, 0.2) is 59.8 Å². The fourth-order valence-corrected chi connectivity index (χ4v) is 4.68. The van der Waals surface area contributed by atoms with Crippen molar-refractivity contribution in [1.82, 2.24) is 29.7 Å². The van der Waals surface area contributed by atoms with Gasteiger partial charge in [0.15, 0.2) is 0 Å². The second-order valence-corrected chi connectivity index (χ2v) is 9.42. The summed E-state index contributed by atoms with van der Waals surface area (Å²) in [5, 5.41) is 7.58. The highest BCUT2D eigenvalue weighted by Crippen LogP contribution is 2.27. The van der Waals surface area contributed by atoms with Crippen LogP contribution in [0.2, 0.25) is 0 Å². The Labute approximate surface area is 222 Å². The minimum Gasteiger partial charge on any atom is -0.383 e. The normalized spacial score (nSPS) is 14.6. The third-order valence-corrected chi connectivity index (χ3v) is 6.94. The number of rotatable bonds is 10. The molecular weight excluding hydrogens is 480 g/mol. The lowest BCUT2D eigenvalue weighted by atomic mass is 10.1. The number of benzene rings is 1. The number of ether oxygens (including phenoxy) is 1. The van der Waals surface area contributed by atoms with E-state index in [0.717, 1.165) is 68.9 Å². The van der Waals surface area contributed by atoms with Gasteiger partial charge in [-0.3, -0.25) is 9.69 Å². The fraction of sp³-hybridized carbons (Fsp3) is 0.357. The number of fused-ring (bicyclic) bond motifs is 1. The van der Waals surface area contributed by atoms with E-state index in [9.17, 15) is 4.79 Å². The first-order valence-electron chi connectivity index (χ1n) is 12.9. The van der Waals surface area contributed by atoms with Crippen LogP contribution in [0, 0.1) is 0 Å². The van der Waals surface area contributed by atoms with Crippen molar-refractivity contribution in [2.45, 2.75) is 6.42 Å². The van der Waals surface area contributed by atoms with Crippen LogP contribution in [0.4, 0.5) is 17.5 Å². The molecule has 4 aromatic rings. The molecule has 0 radical (unpaired) electrons. The number of piperazine rings is 1. The van der Waals surface area contributed by atoms with Crippen molar-refractivity contribution in [1.29, 1.82) is 0 Å². The van der Waals surface area contributed by atoms with Gasteiger partial charge in [0, 0.05) is 83.3 Å². The maximum absolute atomic E-state index is 12.7. The number of H-pyrrole nitrogens is 1. The van der Waals surface area contributed by atoms with Gasteiger partial charge in [0.1, 0.15) is 5.82 Å². The minimum atomic E-state index is -0.190. The van der Waals surface area contributed by atoms with Crippen molar-refractivity contribution in [2.75, 3.05) is 70.7 Å². The van der Waals surface area contributed by atoms with Gasteiger partial charge >= 0.3 is 0 Å². The average molecular weight is 515 g/mol. The summed E-state index contributed by atoms with van der Waals surface area (Å²) in [6.07, 6.45) is 6.08. The van der Waals surface area contributed by atoms with Gasteiger partial charge in [-0.05, 0) is 41.6 Å². The summed E-state index contributed by atoms with van der Waals surface area (Å²) in [6, 6.07) is 12.1. The summed E-state index contributed by atoms with van der Waals surface area (Å²) in [7, 11) is 3.53. The summed E-state index contributed by atoms with van der Waals surface area (Å²) in [5.74, 6) is 1.03. The van der Waals surface area contributed by atoms with Crippen molar-refractivity contribution in [3.63, 3.8) is 0 Å².